The van der Waals surface area contributed by atoms with E-state index in [4.69, 9.17) is 0 Å². The molecule has 2 rings (SSSR count). The van der Waals surface area contributed by atoms with Crippen LogP contribution in [0.1, 0.15) is 32.3 Å². The van der Waals surface area contributed by atoms with Crippen molar-refractivity contribution < 1.29 is 4.79 Å². The monoisotopic (exact) mass is 188 g/mol. The van der Waals surface area contributed by atoms with Crippen LogP contribution in [-0.4, -0.2) is 6.29 Å². The van der Waals surface area contributed by atoms with E-state index in [0.29, 0.717) is 0 Å². The van der Waals surface area contributed by atoms with Crippen LogP contribution in [0.25, 0.3) is 0 Å². The minimum atomic E-state index is -0.0788. The summed E-state index contributed by atoms with van der Waals surface area (Å²) in [5.74, 6) is 0. The Morgan fingerprint density at radius 3 is 2.21 bits per heavy atom. The fourth-order valence-corrected chi connectivity index (χ4v) is 2.86. The Bertz CT molecular complexity index is 334. The molecule has 0 aromatic heterocycles. The molecule has 1 aliphatic carbocycles. The fraction of sp³-hybridized carbons (Fsp3) is 0.462. The summed E-state index contributed by atoms with van der Waals surface area (Å²) in [6, 6.07) is 10.5. The number of hydrogen-bond acceptors (Lipinski definition) is 1. The molecule has 0 spiro atoms. The van der Waals surface area contributed by atoms with E-state index >= 15 is 0 Å². The number of aldehydes is 1. The smallest absolute Gasteiger partial charge is 0.125 e. The molecule has 14 heavy (non-hydrogen) atoms. The molecule has 1 nitrogen and oxygen atoms in total. The Hall–Kier alpha value is -1.11. The lowest BCUT2D eigenvalue weighted by Crippen LogP contribution is -2.46. The average Bonchev–Trinajstić information content (AvgIpc) is 2.17. The third-order valence-corrected chi connectivity index (χ3v) is 3.34. The van der Waals surface area contributed by atoms with Crippen molar-refractivity contribution >= 4 is 6.29 Å². The predicted octanol–water partition coefficient (Wildman–Crippen LogP) is 2.94. The summed E-state index contributed by atoms with van der Waals surface area (Å²) < 4.78 is 0. The molecule has 0 N–H and O–H groups in total. The van der Waals surface area contributed by atoms with Crippen LogP contribution in [0.15, 0.2) is 30.3 Å². The molecule has 1 heteroatoms. The second-order valence-corrected chi connectivity index (χ2v) is 5.05. The molecule has 1 aromatic carbocycles. The molecule has 1 aromatic rings. The first-order chi connectivity index (χ1) is 6.58. The summed E-state index contributed by atoms with van der Waals surface area (Å²) in [4.78, 5) is 10.8. The zero-order valence-electron chi connectivity index (χ0n) is 8.79. The van der Waals surface area contributed by atoms with Gasteiger partial charge in [-0.15, -0.1) is 0 Å². The lowest BCUT2D eigenvalue weighted by molar-refractivity contribution is -0.123. The minimum absolute atomic E-state index is 0.0788. The molecular formula is C13H16O. The van der Waals surface area contributed by atoms with Crippen molar-refractivity contribution in [2.24, 2.45) is 5.41 Å². The van der Waals surface area contributed by atoms with Gasteiger partial charge in [0.05, 0.1) is 0 Å². The predicted molar refractivity (Wildman–Crippen MR) is 57.2 cm³/mol. The summed E-state index contributed by atoms with van der Waals surface area (Å²) >= 11 is 0. The van der Waals surface area contributed by atoms with Crippen molar-refractivity contribution in [2.75, 3.05) is 0 Å². The maximum Gasteiger partial charge on any atom is 0.125 e. The van der Waals surface area contributed by atoms with Gasteiger partial charge in [0.25, 0.3) is 0 Å². The fourth-order valence-electron chi connectivity index (χ4n) is 2.86. The Labute approximate surface area is 85.1 Å². The Kier molecular flexibility index (Phi) is 1.99. The lowest BCUT2D eigenvalue weighted by Gasteiger charge is -2.50. The topological polar surface area (TPSA) is 17.1 Å². The van der Waals surface area contributed by atoms with Gasteiger partial charge in [0.2, 0.25) is 0 Å². The molecule has 0 amide bonds. The highest BCUT2D eigenvalue weighted by molar-refractivity contribution is 5.62. The zero-order valence-corrected chi connectivity index (χ0v) is 8.79. The molecule has 0 saturated heterocycles. The molecule has 0 aliphatic heterocycles. The molecule has 0 radical (unpaired) electrons. The van der Waals surface area contributed by atoms with Crippen LogP contribution >= 0.6 is 0 Å². The SMILES string of the molecule is CC1(C=O)CC(C)(c2ccccc2)C1. The van der Waals surface area contributed by atoms with E-state index in [-0.39, 0.29) is 10.8 Å². The first-order valence-electron chi connectivity index (χ1n) is 5.10. The van der Waals surface area contributed by atoms with Gasteiger partial charge in [0, 0.05) is 5.41 Å². The molecule has 0 bridgehead atoms. The van der Waals surface area contributed by atoms with E-state index in [9.17, 15) is 4.79 Å². The summed E-state index contributed by atoms with van der Waals surface area (Å²) in [6.07, 6.45) is 3.07. The van der Waals surface area contributed by atoms with Crippen molar-refractivity contribution in [2.45, 2.75) is 32.1 Å². The van der Waals surface area contributed by atoms with Crippen molar-refractivity contribution in [3.8, 4) is 0 Å². The van der Waals surface area contributed by atoms with Gasteiger partial charge in [0.15, 0.2) is 0 Å². The highest BCUT2D eigenvalue weighted by Gasteiger charge is 2.49. The van der Waals surface area contributed by atoms with E-state index in [2.05, 4.69) is 31.2 Å². The van der Waals surface area contributed by atoms with Gasteiger partial charge in [-0.05, 0) is 23.8 Å². The molecule has 1 aliphatic rings. The number of rotatable bonds is 2. The third kappa shape index (κ3) is 1.37. The van der Waals surface area contributed by atoms with Crippen LogP contribution in [0.4, 0.5) is 0 Å². The number of benzene rings is 1. The highest BCUT2D eigenvalue weighted by atomic mass is 16.1. The molecule has 74 valence electrons. The number of hydrogen-bond donors (Lipinski definition) is 0. The van der Waals surface area contributed by atoms with Crippen LogP contribution < -0.4 is 0 Å². The van der Waals surface area contributed by atoms with Crippen molar-refractivity contribution in [1.82, 2.24) is 0 Å². The summed E-state index contributed by atoms with van der Waals surface area (Å²) in [5.41, 5.74) is 1.50. The molecule has 0 heterocycles. The number of carbonyl (C=O) groups is 1. The van der Waals surface area contributed by atoms with Crippen LogP contribution in [0, 0.1) is 5.41 Å². The first-order valence-corrected chi connectivity index (χ1v) is 5.10. The van der Waals surface area contributed by atoms with Crippen LogP contribution in [-0.2, 0) is 10.2 Å². The maximum atomic E-state index is 10.8. The van der Waals surface area contributed by atoms with Gasteiger partial charge in [0.1, 0.15) is 6.29 Å². The largest absolute Gasteiger partial charge is 0.303 e. The third-order valence-electron chi connectivity index (χ3n) is 3.34. The zero-order chi connectivity index (χ0) is 10.2. The van der Waals surface area contributed by atoms with Gasteiger partial charge < -0.3 is 4.79 Å². The van der Waals surface area contributed by atoms with E-state index in [1.54, 1.807) is 0 Å². The Morgan fingerprint density at radius 1 is 1.14 bits per heavy atom. The van der Waals surface area contributed by atoms with Crippen molar-refractivity contribution in [3.05, 3.63) is 35.9 Å². The van der Waals surface area contributed by atoms with Gasteiger partial charge >= 0.3 is 0 Å². The minimum Gasteiger partial charge on any atom is -0.303 e. The summed E-state index contributed by atoms with van der Waals surface area (Å²) in [6.45, 7) is 4.29. The van der Waals surface area contributed by atoms with E-state index in [0.717, 1.165) is 19.1 Å². The van der Waals surface area contributed by atoms with E-state index in [1.165, 1.54) is 5.56 Å². The van der Waals surface area contributed by atoms with Gasteiger partial charge in [-0.1, -0.05) is 44.2 Å². The number of carbonyl (C=O) groups excluding carboxylic acids is 1. The molecule has 0 atom stereocenters. The summed E-state index contributed by atoms with van der Waals surface area (Å²) in [5, 5.41) is 0. The molecule has 1 fully saturated rings. The molecule has 0 unspecified atom stereocenters. The highest BCUT2D eigenvalue weighted by Crippen LogP contribution is 2.54. The van der Waals surface area contributed by atoms with Crippen LogP contribution in [0.2, 0.25) is 0 Å². The second-order valence-electron chi connectivity index (χ2n) is 5.05. The Morgan fingerprint density at radius 2 is 1.71 bits per heavy atom. The van der Waals surface area contributed by atoms with Gasteiger partial charge in [-0.2, -0.15) is 0 Å². The van der Waals surface area contributed by atoms with Gasteiger partial charge in [-0.3, -0.25) is 0 Å². The first kappa shape index (κ1) is 9.45. The average molecular weight is 188 g/mol. The van der Waals surface area contributed by atoms with Crippen LogP contribution in [0.5, 0.6) is 0 Å². The molecule has 1 saturated carbocycles. The second kappa shape index (κ2) is 2.94. The normalized spacial score (nSPS) is 36.1. The van der Waals surface area contributed by atoms with E-state index < -0.39 is 0 Å². The van der Waals surface area contributed by atoms with Gasteiger partial charge in [-0.25, -0.2) is 0 Å². The summed E-state index contributed by atoms with van der Waals surface area (Å²) in [7, 11) is 0. The standard InChI is InChI=1S/C13H16O/c1-12(10-14)8-13(2,9-12)11-6-4-3-5-7-11/h3-7,10H,8-9H2,1-2H3. The lowest BCUT2D eigenvalue weighted by atomic mass is 9.53. The van der Waals surface area contributed by atoms with Crippen molar-refractivity contribution in [1.29, 1.82) is 0 Å². The maximum absolute atomic E-state index is 10.8. The molecular weight excluding hydrogens is 172 g/mol. The Balaban J connectivity index is 2.19. The van der Waals surface area contributed by atoms with E-state index in [1.807, 2.05) is 13.0 Å². The van der Waals surface area contributed by atoms with Crippen molar-refractivity contribution in [3.63, 3.8) is 0 Å². The quantitative estimate of drug-likeness (QED) is 0.652. The van der Waals surface area contributed by atoms with Crippen LogP contribution in [0.3, 0.4) is 0 Å².